The van der Waals surface area contributed by atoms with Crippen molar-refractivity contribution in [3.63, 3.8) is 0 Å². The fourth-order valence-corrected chi connectivity index (χ4v) is 4.58. The number of carboxylic acids is 2. The van der Waals surface area contributed by atoms with Gasteiger partial charge in [-0.2, -0.15) is 0 Å². The highest BCUT2D eigenvalue weighted by Gasteiger charge is 2.34. The number of nitrogens with two attached hydrogens (primary N) is 1. The Morgan fingerprint density at radius 2 is 1.20 bits per heavy atom. The molecule has 0 spiro atoms. The van der Waals surface area contributed by atoms with Gasteiger partial charge in [0.05, 0.1) is 12.7 Å². The molecule has 0 saturated carbocycles. The van der Waals surface area contributed by atoms with Crippen molar-refractivity contribution in [3.05, 3.63) is 29.8 Å². The van der Waals surface area contributed by atoms with E-state index in [0.29, 0.717) is 5.56 Å². The summed E-state index contributed by atoms with van der Waals surface area (Å²) in [4.78, 5) is 88.8. The summed E-state index contributed by atoms with van der Waals surface area (Å²) in [7, 11) is 0. The van der Waals surface area contributed by atoms with Crippen LogP contribution in [0.4, 0.5) is 0 Å². The second-order valence-corrected chi connectivity index (χ2v) is 12.7. The van der Waals surface area contributed by atoms with Crippen LogP contribution in [0.5, 0.6) is 5.75 Å². The fourth-order valence-electron chi connectivity index (χ4n) is 4.58. The molecule has 0 radical (unpaired) electrons. The van der Waals surface area contributed by atoms with Crippen LogP contribution in [0.2, 0.25) is 0 Å². The van der Waals surface area contributed by atoms with E-state index < -0.39 is 109 Å². The molecule has 0 saturated heterocycles. The zero-order valence-electron chi connectivity index (χ0n) is 28.7. The minimum absolute atomic E-state index is 0.0448. The maximum Gasteiger partial charge on any atom is 0.326 e. The summed E-state index contributed by atoms with van der Waals surface area (Å²) in [6, 6.07) is -3.12. The average Bonchev–Trinajstić information content (AvgIpc) is 3.03. The molecule has 1 aromatic carbocycles. The summed E-state index contributed by atoms with van der Waals surface area (Å²) in [6.07, 6.45) is -2.44. The van der Waals surface area contributed by atoms with E-state index in [1.54, 1.807) is 27.7 Å². The van der Waals surface area contributed by atoms with Crippen LogP contribution in [0.15, 0.2) is 24.3 Å². The summed E-state index contributed by atoms with van der Waals surface area (Å²) in [5.74, 6) is -8.15. The first-order valence-corrected chi connectivity index (χ1v) is 16.1. The molecule has 0 aliphatic carbocycles. The maximum absolute atomic E-state index is 13.6. The van der Waals surface area contributed by atoms with E-state index in [0.717, 1.165) is 0 Å². The summed E-state index contributed by atoms with van der Waals surface area (Å²) in [5.41, 5.74) is 6.07. The zero-order chi connectivity index (χ0) is 38.3. The van der Waals surface area contributed by atoms with Crippen molar-refractivity contribution in [2.75, 3.05) is 6.61 Å². The Balaban J connectivity index is 3.32. The van der Waals surface area contributed by atoms with Crippen LogP contribution in [-0.2, 0) is 40.0 Å². The molecule has 1 rings (SSSR count). The quantitative estimate of drug-likeness (QED) is 0.0641. The molecule has 18 nitrogen and oxygen atoms in total. The number of nitrogens with one attached hydrogen (secondary N) is 5. The second-order valence-electron chi connectivity index (χ2n) is 12.7. The predicted octanol–water partition coefficient (Wildman–Crippen LogP) is -2.29. The lowest BCUT2D eigenvalue weighted by atomic mass is 10.0. The third-order valence-corrected chi connectivity index (χ3v) is 7.50. The van der Waals surface area contributed by atoms with Gasteiger partial charge in [-0.3, -0.25) is 28.8 Å². The molecule has 18 heteroatoms. The van der Waals surface area contributed by atoms with Gasteiger partial charge in [-0.15, -0.1) is 0 Å². The van der Waals surface area contributed by atoms with E-state index in [2.05, 4.69) is 26.6 Å². The number of hydrogen-bond acceptors (Lipinski definition) is 11. The number of carboxylic acid groups (broad SMARTS) is 2. The summed E-state index contributed by atoms with van der Waals surface area (Å²) in [6.45, 7) is 6.97. The molecule has 50 heavy (non-hydrogen) atoms. The van der Waals surface area contributed by atoms with Crippen LogP contribution < -0.4 is 32.3 Å². The van der Waals surface area contributed by atoms with Crippen molar-refractivity contribution in [1.82, 2.24) is 26.6 Å². The lowest BCUT2D eigenvalue weighted by Gasteiger charge is -2.28. The molecule has 0 unspecified atom stereocenters. The van der Waals surface area contributed by atoms with Crippen molar-refractivity contribution in [3.8, 4) is 5.75 Å². The van der Waals surface area contributed by atoms with E-state index in [1.165, 1.54) is 31.2 Å². The van der Waals surface area contributed by atoms with Crippen LogP contribution in [0.25, 0.3) is 0 Å². The van der Waals surface area contributed by atoms with Gasteiger partial charge < -0.3 is 57.9 Å². The first-order valence-electron chi connectivity index (χ1n) is 16.1. The van der Waals surface area contributed by atoms with Crippen LogP contribution >= 0.6 is 0 Å². The molecule has 280 valence electrons. The lowest BCUT2D eigenvalue weighted by Crippen LogP contribution is -2.61. The standard InChI is InChI=1S/C32H50N6O12/c1-15(2)12-22(32(49)50)36-27(44)20(10-11-24(42)43)34-28(45)21(13-18-6-8-19(41)9-7-18)35-29(46)23(14-39)37-31(48)26(16(3)4)38-30(47)25(33)17(5)40/h6-9,15-17,20-23,25-26,39-41H,10-14,33H2,1-5H3,(H,34,45)(H,35,46)(H,36,44)(H,37,48)(H,38,47)(H,42,43)(H,49,50)/t17-,20+,21+,22+,23+,25+,26+/m1/s1. The number of aliphatic carboxylic acids is 2. The summed E-state index contributed by atoms with van der Waals surface area (Å²) < 4.78 is 0. The molecule has 7 atom stereocenters. The molecular weight excluding hydrogens is 660 g/mol. The highest BCUT2D eigenvalue weighted by atomic mass is 16.4. The zero-order valence-corrected chi connectivity index (χ0v) is 28.7. The van der Waals surface area contributed by atoms with Gasteiger partial charge in [0.15, 0.2) is 0 Å². The van der Waals surface area contributed by atoms with E-state index >= 15 is 0 Å². The monoisotopic (exact) mass is 710 g/mol. The summed E-state index contributed by atoms with van der Waals surface area (Å²) >= 11 is 0. The normalized spacial score (nSPS) is 15.4. The Bertz CT molecular complexity index is 1340. The van der Waals surface area contributed by atoms with E-state index in [1.807, 2.05) is 0 Å². The third-order valence-electron chi connectivity index (χ3n) is 7.50. The van der Waals surface area contributed by atoms with Crippen molar-refractivity contribution >= 4 is 41.5 Å². The third kappa shape index (κ3) is 14.8. The molecule has 0 bridgehead atoms. The van der Waals surface area contributed by atoms with Gasteiger partial charge in [0.2, 0.25) is 29.5 Å². The van der Waals surface area contributed by atoms with Gasteiger partial charge in [-0.1, -0.05) is 39.8 Å². The molecule has 5 amide bonds. The first-order chi connectivity index (χ1) is 23.3. The van der Waals surface area contributed by atoms with Gasteiger partial charge in [0.1, 0.15) is 42.0 Å². The second kappa shape index (κ2) is 20.6. The number of phenolic OH excluding ortho intramolecular Hbond substituents is 1. The van der Waals surface area contributed by atoms with E-state index in [9.17, 15) is 59.1 Å². The van der Waals surface area contributed by atoms with Gasteiger partial charge in [-0.25, -0.2) is 4.79 Å². The minimum Gasteiger partial charge on any atom is -0.508 e. The minimum atomic E-state index is -1.65. The number of rotatable bonds is 21. The van der Waals surface area contributed by atoms with Crippen LogP contribution in [0.1, 0.15) is 59.4 Å². The Morgan fingerprint density at radius 3 is 1.68 bits per heavy atom. The number of carbonyl (C=O) groups is 7. The smallest absolute Gasteiger partial charge is 0.326 e. The number of aliphatic hydroxyl groups is 2. The maximum atomic E-state index is 13.6. The molecule has 0 aromatic heterocycles. The number of carbonyl (C=O) groups excluding carboxylic acids is 5. The molecule has 1 aromatic rings. The van der Waals surface area contributed by atoms with Gasteiger partial charge in [0.25, 0.3) is 0 Å². The van der Waals surface area contributed by atoms with Crippen LogP contribution in [0.3, 0.4) is 0 Å². The highest BCUT2D eigenvalue weighted by Crippen LogP contribution is 2.13. The topological polar surface area (TPSA) is 307 Å². The van der Waals surface area contributed by atoms with Gasteiger partial charge in [-0.05, 0) is 49.3 Å². The number of phenols is 1. The Labute approximate surface area is 289 Å². The largest absolute Gasteiger partial charge is 0.508 e. The van der Waals surface area contributed by atoms with Crippen molar-refractivity contribution < 1.29 is 59.1 Å². The Hall–Kier alpha value is -4.81. The number of amides is 5. The highest BCUT2D eigenvalue weighted by molar-refractivity contribution is 5.96. The number of aliphatic hydroxyl groups excluding tert-OH is 2. The molecule has 0 fully saturated rings. The van der Waals surface area contributed by atoms with E-state index in [-0.39, 0.29) is 24.5 Å². The number of benzene rings is 1. The molecular formula is C32H50N6O12. The number of hydrogen-bond donors (Lipinski definition) is 11. The van der Waals surface area contributed by atoms with Crippen LogP contribution in [-0.4, -0.2) is 116 Å². The van der Waals surface area contributed by atoms with Crippen molar-refractivity contribution in [2.45, 2.75) is 103 Å². The number of aromatic hydroxyl groups is 1. The molecule has 0 aliphatic heterocycles. The molecule has 12 N–H and O–H groups in total. The van der Waals surface area contributed by atoms with Crippen molar-refractivity contribution in [2.24, 2.45) is 17.6 Å². The average molecular weight is 711 g/mol. The van der Waals surface area contributed by atoms with Crippen molar-refractivity contribution in [1.29, 1.82) is 0 Å². The van der Waals surface area contributed by atoms with Gasteiger partial charge in [0, 0.05) is 12.8 Å². The van der Waals surface area contributed by atoms with Gasteiger partial charge >= 0.3 is 11.9 Å². The Kier molecular flexibility index (Phi) is 17.8. The molecule has 0 heterocycles. The fraction of sp³-hybridized carbons (Fsp3) is 0.594. The first kappa shape index (κ1) is 43.2. The van der Waals surface area contributed by atoms with E-state index in [4.69, 9.17) is 5.73 Å². The van der Waals surface area contributed by atoms with Crippen LogP contribution in [0, 0.1) is 11.8 Å². The predicted molar refractivity (Wildman–Crippen MR) is 177 cm³/mol. The summed E-state index contributed by atoms with van der Waals surface area (Å²) in [5, 5.41) is 59.9. The SMILES string of the molecule is CC(C)C[C@H](NC(=O)[C@H](CCC(=O)O)NC(=O)[C@H](Cc1ccc(O)cc1)NC(=O)[C@H](CO)NC(=O)[C@@H](NC(=O)[C@@H](N)[C@@H](C)O)C(C)C)C(=O)O. The molecule has 0 aliphatic rings. The Morgan fingerprint density at radius 1 is 0.700 bits per heavy atom. The lowest BCUT2D eigenvalue weighted by molar-refractivity contribution is -0.143.